The first-order valence-electron chi connectivity index (χ1n) is 5.82. The minimum atomic E-state index is -3.50. The highest BCUT2D eigenvalue weighted by Crippen LogP contribution is 2.19. The predicted molar refractivity (Wildman–Crippen MR) is 73.0 cm³/mol. The van der Waals surface area contributed by atoms with Crippen molar-refractivity contribution >= 4 is 27.1 Å². The lowest BCUT2D eigenvalue weighted by Gasteiger charge is -2.11. The third kappa shape index (κ3) is 4.20. The summed E-state index contributed by atoms with van der Waals surface area (Å²) >= 11 is 0. The van der Waals surface area contributed by atoms with Crippen molar-refractivity contribution in [2.75, 3.05) is 16.8 Å². The molecule has 0 heterocycles. The Hall–Kier alpha value is -1.63. The average molecular weight is 288 g/mol. The molecule has 0 aliphatic heterocycles. The Labute approximate surface area is 111 Å². The van der Waals surface area contributed by atoms with Crippen LogP contribution in [0.1, 0.15) is 20.3 Å². The van der Waals surface area contributed by atoms with E-state index in [0.29, 0.717) is 6.42 Å². The third-order valence-corrected chi connectivity index (χ3v) is 5.03. The number of nitrogens with one attached hydrogen (secondary N) is 1. The zero-order chi connectivity index (χ0) is 14.6. The fourth-order valence-electron chi connectivity index (χ4n) is 1.40. The van der Waals surface area contributed by atoms with Crippen molar-refractivity contribution in [1.29, 1.82) is 0 Å². The van der Waals surface area contributed by atoms with E-state index < -0.39 is 32.6 Å². The number of benzene rings is 1. The number of amides is 1. The maximum absolute atomic E-state index is 13.0. The van der Waals surface area contributed by atoms with Crippen LogP contribution in [-0.2, 0) is 14.6 Å². The van der Waals surface area contributed by atoms with E-state index in [1.807, 2.05) is 0 Å². The number of carbonyl (C=O) groups excluding carboxylic acids is 1. The molecule has 1 aromatic carbocycles. The first-order chi connectivity index (χ1) is 8.76. The second kappa shape index (κ2) is 6.01. The maximum Gasteiger partial charge on any atom is 0.239 e. The van der Waals surface area contributed by atoms with E-state index in [-0.39, 0.29) is 11.4 Å². The van der Waals surface area contributed by atoms with Gasteiger partial charge in [0.2, 0.25) is 5.91 Å². The van der Waals surface area contributed by atoms with Crippen LogP contribution in [0.4, 0.5) is 15.8 Å². The fourth-order valence-corrected chi connectivity index (χ4v) is 2.63. The van der Waals surface area contributed by atoms with Crippen molar-refractivity contribution in [3.8, 4) is 0 Å². The van der Waals surface area contributed by atoms with E-state index in [0.717, 1.165) is 12.1 Å². The summed E-state index contributed by atoms with van der Waals surface area (Å²) in [5.74, 6) is -1.93. The van der Waals surface area contributed by atoms with Crippen molar-refractivity contribution in [3.05, 3.63) is 24.0 Å². The van der Waals surface area contributed by atoms with Crippen LogP contribution < -0.4 is 11.1 Å². The van der Waals surface area contributed by atoms with E-state index in [9.17, 15) is 17.6 Å². The molecule has 3 N–H and O–H groups in total. The molecule has 5 nitrogen and oxygen atoms in total. The molecule has 1 unspecified atom stereocenters. The van der Waals surface area contributed by atoms with Crippen LogP contribution in [0, 0.1) is 5.82 Å². The van der Waals surface area contributed by atoms with Crippen molar-refractivity contribution < 1.29 is 17.6 Å². The van der Waals surface area contributed by atoms with Crippen LogP contribution >= 0.6 is 0 Å². The Morgan fingerprint density at radius 1 is 1.47 bits per heavy atom. The van der Waals surface area contributed by atoms with Gasteiger partial charge in [-0.15, -0.1) is 0 Å². The minimum absolute atomic E-state index is 0.0735. The van der Waals surface area contributed by atoms with Crippen LogP contribution in [0.25, 0.3) is 0 Å². The van der Waals surface area contributed by atoms with Crippen molar-refractivity contribution in [2.24, 2.45) is 0 Å². The molecule has 1 amide bonds. The Morgan fingerprint density at radius 2 is 2.11 bits per heavy atom. The molecule has 1 aromatic rings. The summed E-state index contributed by atoms with van der Waals surface area (Å²) in [6.45, 7) is 3.27. The average Bonchev–Trinajstić information content (AvgIpc) is 2.32. The number of carbonyl (C=O) groups is 1. The molecular weight excluding hydrogens is 271 g/mol. The monoisotopic (exact) mass is 288 g/mol. The summed E-state index contributed by atoms with van der Waals surface area (Å²) in [4.78, 5) is 11.6. The molecule has 1 rings (SSSR count). The summed E-state index contributed by atoms with van der Waals surface area (Å²) in [5, 5.41) is 1.71. The number of hydrogen-bond donors (Lipinski definition) is 2. The van der Waals surface area contributed by atoms with E-state index >= 15 is 0 Å². The standard InChI is InChI=1S/C12H17FN2O3S/c1-3-8(2)19(17,18)7-12(16)15-11-6-9(13)4-5-10(11)14/h4-6,8H,3,7,14H2,1-2H3,(H,15,16). The largest absolute Gasteiger partial charge is 0.397 e. The van der Waals surface area contributed by atoms with Crippen LogP contribution in [0.15, 0.2) is 18.2 Å². The molecule has 0 fully saturated rings. The Bertz CT molecular complexity index is 572. The molecule has 0 spiro atoms. The highest BCUT2D eigenvalue weighted by Gasteiger charge is 2.23. The highest BCUT2D eigenvalue weighted by atomic mass is 32.2. The lowest BCUT2D eigenvalue weighted by Crippen LogP contribution is -2.29. The van der Waals surface area contributed by atoms with Gasteiger partial charge in [-0.2, -0.15) is 0 Å². The maximum atomic E-state index is 13.0. The predicted octanol–water partition coefficient (Wildman–Crippen LogP) is 1.56. The van der Waals surface area contributed by atoms with Gasteiger partial charge >= 0.3 is 0 Å². The van der Waals surface area contributed by atoms with Gasteiger partial charge in [0.05, 0.1) is 16.6 Å². The van der Waals surface area contributed by atoms with Crippen LogP contribution in [0.2, 0.25) is 0 Å². The SMILES string of the molecule is CCC(C)S(=O)(=O)CC(=O)Nc1cc(F)ccc1N. The van der Waals surface area contributed by atoms with Gasteiger partial charge in [0.1, 0.15) is 11.6 Å². The normalized spacial score (nSPS) is 13.0. The molecule has 106 valence electrons. The lowest BCUT2D eigenvalue weighted by atomic mass is 10.2. The summed E-state index contributed by atoms with van der Waals surface area (Å²) in [7, 11) is -3.50. The molecule has 0 saturated heterocycles. The van der Waals surface area contributed by atoms with Crippen LogP contribution in [0.3, 0.4) is 0 Å². The topological polar surface area (TPSA) is 89.3 Å². The molecule has 0 saturated carbocycles. The fraction of sp³-hybridized carbons (Fsp3) is 0.417. The molecule has 1 atom stereocenters. The third-order valence-electron chi connectivity index (χ3n) is 2.81. The van der Waals surface area contributed by atoms with Gasteiger partial charge in [-0.3, -0.25) is 4.79 Å². The molecule has 0 aliphatic carbocycles. The minimum Gasteiger partial charge on any atom is -0.397 e. The van der Waals surface area contributed by atoms with E-state index in [2.05, 4.69) is 5.32 Å². The molecule has 0 aliphatic rings. The summed E-state index contributed by atoms with van der Waals surface area (Å²) in [5.41, 5.74) is 5.81. The number of nitrogens with two attached hydrogens (primary N) is 1. The van der Waals surface area contributed by atoms with Crippen molar-refractivity contribution in [1.82, 2.24) is 0 Å². The number of halogens is 1. The molecule has 7 heteroatoms. The highest BCUT2D eigenvalue weighted by molar-refractivity contribution is 7.92. The molecule has 0 radical (unpaired) electrons. The summed E-state index contributed by atoms with van der Waals surface area (Å²) < 4.78 is 36.5. The van der Waals surface area contributed by atoms with Crippen LogP contribution in [0.5, 0.6) is 0 Å². The molecule has 0 aromatic heterocycles. The zero-order valence-corrected chi connectivity index (χ0v) is 11.6. The quantitative estimate of drug-likeness (QED) is 0.805. The number of nitrogen functional groups attached to an aromatic ring is 1. The molecular formula is C12H17FN2O3S. The van der Waals surface area contributed by atoms with Gasteiger partial charge in [-0.05, 0) is 31.5 Å². The van der Waals surface area contributed by atoms with Gasteiger partial charge in [0.25, 0.3) is 0 Å². The van der Waals surface area contributed by atoms with Crippen LogP contribution in [-0.4, -0.2) is 25.3 Å². The zero-order valence-electron chi connectivity index (χ0n) is 10.8. The Morgan fingerprint density at radius 3 is 2.68 bits per heavy atom. The second-order valence-corrected chi connectivity index (χ2v) is 6.72. The number of sulfone groups is 1. The van der Waals surface area contributed by atoms with E-state index in [4.69, 9.17) is 5.73 Å². The second-order valence-electron chi connectivity index (χ2n) is 4.31. The van der Waals surface area contributed by atoms with Gasteiger partial charge < -0.3 is 11.1 Å². The Kier molecular flexibility index (Phi) is 4.88. The van der Waals surface area contributed by atoms with Gasteiger partial charge in [-0.25, -0.2) is 12.8 Å². The molecule has 0 bridgehead atoms. The smallest absolute Gasteiger partial charge is 0.239 e. The van der Waals surface area contributed by atoms with Gasteiger partial charge in [-0.1, -0.05) is 6.92 Å². The lowest BCUT2D eigenvalue weighted by molar-refractivity contribution is -0.113. The van der Waals surface area contributed by atoms with Crippen molar-refractivity contribution in [2.45, 2.75) is 25.5 Å². The molecule has 19 heavy (non-hydrogen) atoms. The van der Waals surface area contributed by atoms with Crippen molar-refractivity contribution in [3.63, 3.8) is 0 Å². The first kappa shape index (κ1) is 15.4. The van der Waals surface area contributed by atoms with E-state index in [1.165, 1.54) is 6.07 Å². The number of anilines is 2. The van der Waals surface area contributed by atoms with E-state index in [1.54, 1.807) is 13.8 Å². The summed E-state index contributed by atoms with van der Waals surface area (Å²) in [6.07, 6.45) is 0.428. The number of hydrogen-bond acceptors (Lipinski definition) is 4. The summed E-state index contributed by atoms with van der Waals surface area (Å²) in [6, 6.07) is 3.50. The number of rotatable bonds is 5. The van der Waals surface area contributed by atoms with Gasteiger partial charge in [0.15, 0.2) is 9.84 Å². The Balaban J connectivity index is 2.79. The van der Waals surface area contributed by atoms with Gasteiger partial charge in [0, 0.05) is 0 Å². The first-order valence-corrected chi connectivity index (χ1v) is 7.54.